The maximum atomic E-state index is 13.8. The first-order valence-electron chi connectivity index (χ1n) is 16.2. The molecule has 0 saturated carbocycles. The van der Waals surface area contributed by atoms with Gasteiger partial charge in [0, 0.05) is 76.1 Å². The highest BCUT2D eigenvalue weighted by Gasteiger charge is 2.40. The molecule has 2 atom stereocenters. The molecule has 0 amide bonds. The summed E-state index contributed by atoms with van der Waals surface area (Å²) in [4.78, 5) is 24.2. The summed E-state index contributed by atoms with van der Waals surface area (Å²) in [5, 5.41) is 4.49. The van der Waals surface area contributed by atoms with Crippen molar-refractivity contribution in [1.82, 2.24) is 29.7 Å². The summed E-state index contributed by atoms with van der Waals surface area (Å²) < 4.78 is 90.1. The van der Waals surface area contributed by atoms with Crippen LogP contribution in [0.3, 0.4) is 0 Å². The Labute approximate surface area is 290 Å². The van der Waals surface area contributed by atoms with Crippen LogP contribution >= 0.6 is 11.6 Å². The van der Waals surface area contributed by atoms with Gasteiger partial charge in [0.1, 0.15) is 5.02 Å². The topological polar surface area (TPSA) is 88.3 Å². The number of hydrogen-bond donors (Lipinski definition) is 0. The lowest BCUT2D eigenvalue weighted by atomic mass is 10.0. The zero-order valence-electron chi connectivity index (χ0n) is 27.6. The average Bonchev–Trinajstić information content (AvgIpc) is 3.73. The molecule has 2 saturated heterocycles. The predicted octanol–water partition coefficient (Wildman–Crippen LogP) is 7.04. The van der Waals surface area contributed by atoms with E-state index < -0.39 is 29.5 Å². The number of anilines is 3. The van der Waals surface area contributed by atoms with Gasteiger partial charge in [0.25, 0.3) is 0 Å². The van der Waals surface area contributed by atoms with E-state index in [1.165, 1.54) is 0 Å². The summed E-state index contributed by atoms with van der Waals surface area (Å²) in [7, 11) is 3.45. The Morgan fingerprint density at radius 2 is 1.58 bits per heavy atom. The normalized spacial score (nSPS) is 19.0. The molecule has 0 bridgehead atoms. The molecule has 2 fully saturated rings. The van der Waals surface area contributed by atoms with Gasteiger partial charge in [-0.3, -0.25) is 4.68 Å². The Kier molecular flexibility index (Phi) is 10.1. The molecule has 0 N–H and O–H groups in total. The highest BCUT2D eigenvalue weighted by atomic mass is 35.5. The van der Waals surface area contributed by atoms with E-state index in [1.807, 2.05) is 11.8 Å². The number of halogens is 7. The monoisotopic (exact) mass is 723 g/mol. The zero-order valence-corrected chi connectivity index (χ0v) is 28.3. The number of benzene rings is 1. The molecule has 3 aromatic heterocycles. The van der Waals surface area contributed by atoms with Crippen LogP contribution in [0, 0.1) is 0 Å². The lowest BCUT2D eigenvalue weighted by Gasteiger charge is -2.32. The summed E-state index contributed by atoms with van der Waals surface area (Å²) in [6, 6.07) is 1.08. The van der Waals surface area contributed by atoms with Gasteiger partial charge in [-0.25, -0.2) is 15.0 Å². The molecule has 1 aromatic carbocycles. The highest BCUT2D eigenvalue weighted by Crippen LogP contribution is 2.39. The van der Waals surface area contributed by atoms with Crippen LogP contribution in [0.2, 0.25) is 5.02 Å². The molecule has 6 rings (SSSR count). The molecule has 0 radical (unpaired) electrons. The Bertz CT molecular complexity index is 1740. The van der Waals surface area contributed by atoms with E-state index in [1.54, 1.807) is 54.7 Å². The summed E-state index contributed by atoms with van der Waals surface area (Å²) in [5.41, 5.74) is -1.55. The van der Waals surface area contributed by atoms with E-state index in [2.05, 4.69) is 25.0 Å². The molecule has 50 heavy (non-hydrogen) atoms. The molecule has 4 aromatic rings. The third-order valence-electron chi connectivity index (χ3n) is 9.28. The van der Waals surface area contributed by atoms with Crippen molar-refractivity contribution in [2.75, 3.05) is 41.4 Å². The first kappa shape index (κ1) is 35.6. The minimum absolute atomic E-state index is 0.108. The fraction of sp³-hybridized carbons (Fsp3) is 0.485. The Morgan fingerprint density at radius 1 is 0.920 bits per heavy atom. The Balaban J connectivity index is 1.35. The maximum absolute atomic E-state index is 13.8. The van der Waals surface area contributed by atoms with E-state index >= 15 is 0 Å². The number of ether oxygens (including phenoxy) is 1. The summed E-state index contributed by atoms with van der Waals surface area (Å²) in [6.07, 6.45) is 1.08. The number of rotatable bonds is 9. The lowest BCUT2D eigenvalue weighted by Crippen LogP contribution is -2.39. The van der Waals surface area contributed by atoms with Crippen molar-refractivity contribution in [3.8, 4) is 11.1 Å². The van der Waals surface area contributed by atoms with Gasteiger partial charge in [-0.05, 0) is 49.4 Å². The summed E-state index contributed by atoms with van der Waals surface area (Å²) in [6.45, 7) is 3.40. The number of nitrogens with zero attached hydrogens (tertiary/aromatic N) is 9. The maximum Gasteiger partial charge on any atom is 0.416 e. The third-order valence-corrected chi connectivity index (χ3v) is 9.55. The average molecular weight is 724 g/mol. The van der Waals surface area contributed by atoms with E-state index in [0.717, 1.165) is 30.5 Å². The second kappa shape index (κ2) is 14.2. The molecule has 2 aliphatic rings. The number of methoxy groups -OCH3 is 1. The molecule has 2 unspecified atom stereocenters. The zero-order chi connectivity index (χ0) is 35.8. The SMILES string of the molecule is CCC1CC(N(Cc2cc(C(F)(F)F)cc(C(F)(F)F)c2)c2ncc(-c3cnn(C)c3)cn2)CN1c1nc(N2CCC(OC)CC2)ncc1Cl. The molecule has 0 aliphatic carbocycles. The summed E-state index contributed by atoms with van der Waals surface area (Å²) >= 11 is 6.69. The van der Waals surface area contributed by atoms with Crippen LogP contribution < -0.4 is 14.7 Å². The summed E-state index contributed by atoms with van der Waals surface area (Å²) in [5.74, 6) is 1.18. The van der Waals surface area contributed by atoms with Crippen molar-refractivity contribution < 1.29 is 31.1 Å². The minimum Gasteiger partial charge on any atom is -0.381 e. The van der Waals surface area contributed by atoms with Gasteiger partial charge < -0.3 is 19.4 Å². The van der Waals surface area contributed by atoms with Crippen LogP contribution in [0.15, 0.2) is 49.2 Å². The molecular weight excluding hydrogens is 688 g/mol. The minimum atomic E-state index is -4.99. The number of alkyl halides is 6. The second-order valence-electron chi connectivity index (χ2n) is 12.6. The van der Waals surface area contributed by atoms with Crippen LogP contribution in [-0.4, -0.2) is 74.6 Å². The lowest BCUT2D eigenvalue weighted by molar-refractivity contribution is -0.143. The van der Waals surface area contributed by atoms with Crippen LogP contribution in [0.25, 0.3) is 11.1 Å². The quantitative estimate of drug-likeness (QED) is 0.169. The Morgan fingerprint density at radius 3 is 2.14 bits per heavy atom. The third kappa shape index (κ3) is 7.75. The van der Waals surface area contributed by atoms with E-state index in [0.29, 0.717) is 54.8 Å². The first-order valence-corrected chi connectivity index (χ1v) is 16.5. The van der Waals surface area contributed by atoms with Gasteiger partial charge in [-0.1, -0.05) is 18.5 Å². The van der Waals surface area contributed by atoms with Crippen molar-refractivity contribution in [3.05, 3.63) is 70.9 Å². The van der Waals surface area contributed by atoms with Gasteiger partial charge in [0.15, 0.2) is 5.82 Å². The van der Waals surface area contributed by atoms with Gasteiger partial charge in [0.05, 0.1) is 35.7 Å². The van der Waals surface area contributed by atoms with Crippen LogP contribution in [0.5, 0.6) is 0 Å². The standard InChI is InChI=1S/C33H36ClF6N9O/c1-4-25-12-26(19-48(25)29-28(34)16-43-31(45-29)47-7-5-27(50-3)6-8-47)49(30-41-13-21(14-42-30)22-15-44-46(2)18-22)17-20-9-23(32(35,36)37)11-24(10-20)33(38,39)40/h9-11,13-16,18,25-27H,4-8,12,17,19H2,1-3H3. The van der Waals surface area contributed by atoms with E-state index in [-0.39, 0.29) is 36.3 Å². The van der Waals surface area contributed by atoms with Crippen molar-refractivity contribution in [3.63, 3.8) is 0 Å². The van der Waals surface area contributed by atoms with Crippen molar-refractivity contribution in [2.45, 2.75) is 69.7 Å². The fourth-order valence-corrected chi connectivity index (χ4v) is 6.82. The van der Waals surface area contributed by atoms with Crippen LogP contribution in [-0.2, 0) is 30.7 Å². The van der Waals surface area contributed by atoms with Crippen molar-refractivity contribution in [1.29, 1.82) is 0 Å². The number of piperidine rings is 1. The van der Waals surface area contributed by atoms with Gasteiger partial charge >= 0.3 is 12.4 Å². The smallest absolute Gasteiger partial charge is 0.381 e. The number of aromatic nitrogens is 6. The number of hydrogen-bond acceptors (Lipinski definition) is 9. The Hall–Kier alpha value is -4.18. The molecule has 268 valence electrons. The van der Waals surface area contributed by atoms with Crippen LogP contribution in [0.1, 0.15) is 49.3 Å². The fourth-order valence-electron chi connectivity index (χ4n) is 6.62. The predicted molar refractivity (Wildman–Crippen MR) is 176 cm³/mol. The van der Waals surface area contributed by atoms with Crippen LogP contribution in [0.4, 0.5) is 44.1 Å². The van der Waals surface area contributed by atoms with Gasteiger partial charge in [-0.2, -0.15) is 36.4 Å². The largest absolute Gasteiger partial charge is 0.416 e. The second-order valence-corrected chi connectivity index (χ2v) is 13.0. The van der Waals surface area contributed by atoms with E-state index in [4.69, 9.17) is 21.3 Å². The molecule has 5 heterocycles. The molecular formula is C33H36ClF6N9O. The van der Waals surface area contributed by atoms with Crippen molar-refractivity contribution in [2.24, 2.45) is 7.05 Å². The molecule has 2 aliphatic heterocycles. The number of aryl methyl sites for hydroxylation is 1. The van der Waals surface area contributed by atoms with Crippen molar-refractivity contribution >= 4 is 29.3 Å². The molecule has 0 spiro atoms. The molecule has 17 heteroatoms. The van der Waals surface area contributed by atoms with Gasteiger partial charge in [-0.15, -0.1) is 0 Å². The first-order chi connectivity index (χ1) is 23.7. The van der Waals surface area contributed by atoms with Gasteiger partial charge in [0.2, 0.25) is 11.9 Å². The van der Waals surface area contributed by atoms with E-state index in [9.17, 15) is 26.3 Å². The highest BCUT2D eigenvalue weighted by molar-refractivity contribution is 6.32. The molecule has 10 nitrogen and oxygen atoms in total.